The van der Waals surface area contributed by atoms with Crippen LogP contribution in [0.15, 0.2) is 104 Å². The van der Waals surface area contributed by atoms with E-state index >= 15 is 0 Å². The minimum absolute atomic E-state index is 0.0185. The van der Waals surface area contributed by atoms with E-state index in [2.05, 4.69) is 25.5 Å². The molecule has 3 saturated heterocycles. The van der Waals surface area contributed by atoms with Gasteiger partial charge >= 0.3 is 72.7 Å². The van der Waals surface area contributed by atoms with Crippen LogP contribution in [0.3, 0.4) is 0 Å². The van der Waals surface area contributed by atoms with E-state index in [1.54, 1.807) is 90.1 Å². The molecule has 3 fully saturated rings. The third-order valence-corrected chi connectivity index (χ3v) is 14.4. The van der Waals surface area contributed by atoms with Crippen LogP contribution in [-0.2, 0) is 139 Å². The number of carbonyl (C=O) groups excluding carboxylic acids is 12. The lowest BCUT2D eigenvalue weighted by molar-refractivity contribution is -0.166. The molecular formula is C71H96O34. The average Bonchev–Trinajstić information content (AvgIpc) is 1.58. The Morgan fingerprint density at radius 3 is 0.990 bits per heavy atom. The molecule has 3 N–H and O–H groups in total. The summed E-state index contributed by atoms with van der Waals surface area (Å²) in [6.45, 7) is 15.5. The van der Waals surface area contributed by atoms with Crippen LogP contribution in [0.1, 0.15) is 85.9 Å². The third kappa shape index (κ3) is 34.2. The summed E-state index contributed by atoms with van der Waals surface area (Å²) >= 11 is 0. The van der Waals surface area contributed by atoms with Crippen LogP contribution in [0, 0.1) is 32.5 Å². The Kier molecular flexibility index (Phi) is 40.7. The predicted octanol–water partition coefficient (Wildman–Crippen LogP) is 7.42. The highest BCUT2D eigenvalue weighted by molar-refractivity contribution is 5.81. The van der Waals surface area contributed by atoms with Crippen LogP contribution >= 0.6 is 0 Å². The molecule has 0 spiro atoms. The molecule has 5 unspecified atom stereocenters. The maximum absolute atomic E-state index is 12.5. The molecule has 105 heavy (non-hydrogen) atoms. The molecule has 34 nitrogen and oxygen atoms in total. The Hall–Kier alpha value is -10.3. The fraction of sp³-hybridized carbons (Fsp3) is 0.549. The highest BCUT2D eigenvalue weighted by Crippen LogP contribution is 2.28. The quantitative estimate of drug-likeness (QED) is 0.0231. The van der Waals surface area contributed by atoms with Crippen LogP contribution < -0.4 is 0 Å². The molecule has 3 aromatic carbocycles. The lowest BCUT2D eigenvalue weighted by Crippen LogP contribution is -2.44. The van der Waals surface area contributed by atoms with Crippen LogP contribution in [0.5, 0.6) is 0 Å². The van der Waals surface area contributed by atoms with E-state index in [-0.39, 0.29) is 78.8 Å². The molecule has 0 saturated carbocycles. The fourth-order valence-electron chi connectivity index (χ4n) is 7.46. The summed E-state index contributed by atoms with van der Waals surface area (Å²) in [6.07, 6.45) is -4.77. The molecule has 584 valence electrons. The van der Waals surface area contributed by atoms with Gasteiger partial charge < -0.3 is 105 Å². The van der Waals surface area contributed by atoms with Crippen molar-refractivity contribution in [3.8, 4) is 0 Å². The Bertz CT molecular complexity index is 3150. The van der Waals surface area contributed by atoms with Gasteiger partial charge in [-0.15, -0.1) is 0 Å². The Morgan fingerprint density at radius 1 is 0.429 bits per heavy atom. The first-order valence-electron chi connectivity index (χ1n) is 32.8. The van der Waals surface area contributed by atoms with Crippen molar-refractivity contribution in [3.05, 3.63) is 120 Å². The number of cyclic esters (lactones) is 4. The summed E-state index contributed by atoms with van der Waals surface area (Å²) in [4.78, 5) is 141. The summed E-state index contributed by atoms with van der Waals surface area (Å²) in [5.74, 6) is -3.93. The van der Waals surface area contributed by atoms with Crippen molar-refractivity contribution in [2.24, 2.45) is 32.5 Å². The molecule has 0 bridgehead atoms. The van der Waals surface area contributed by atoms with Gasteiger partial charge in [0.2, 0.25) is 0 Å². The number of hydrogen-bond donors (Lipinski definition) is 3. The van der Waals surface area contributed by atoms with Crippen molar-refractivity contribution in [1.82, 2.24) is 0 Å². The third-order valence-electron chi connectivity index (χ3n) is 14.4. The second kappa shape index (κ2) is 47.1. The number of carbonyl (C=O) groups is 12. The zero-order valence-electron chi connectivity index (χ0n) is 60.6. The predicted molar refractivity (Wildman–Crippen MR) is 358 cm³/mol. The topological polar surface area (TPSA) is 444 Å². The van der Waals surface area contributed by atoms with Crippen molar-refractivity contribution in [3.63, 3.8) is 0 Å². The molecule has 3 aliphatic heterocycles. The number of hydrogen-bond acceptors (Lipinski definition) is 34. The van der Waals surface area contributed by atoms with E-state index in [1.807, 2.05) is 42.5 Å². The molecule has 3 aromatic rings. The Balaban J connectivity index is 0.000000495. The second-order valence-corrected chi connectivity index (χ2v) is 24.6. The number of rotatable bonds is 33. The Morgan fingerprint density at radius 2 is 0.714 bits per heavy atom. The van der Waals surface area contributed by atoms with Gasteiger partial charge in [0.05, 0.1) is 52.9 Å². The first kappa shape index (κ1) is 90.8. The van der Waals surface area contributed by atoms with Crippen LogP contribution in [0.2, 0.25) is 0 Å². The molecule has 34 heteroatoms. The summed E-state index contributed by atoms with van der Waals surface area (Å²) in [5.41, 5.74) is -5.45. The van der Waals surface area contributed by atoms with Crippen molar-refractivity contribution in [1.29, 1.82) is 0 Å². The van der Waals surface area contributed by atoms with Crippen molar-refractivity contribution < 1.29 is 163 Å². The van der Waals surface area contributed by atoms with Gasteiger partial charge in [0.25, 0.3) is 0 Å². The van der Waals surface area contributed by atoms with Crippen molar-refractivity contribution >= 4 is 72.7 Å². The molecule has 5 atom stereocenters. The Labute approximate surface area is 607 Å². The smallest absolute Gasteiger partial charge is 0.465 e. The first-order chi connectivity index (χ1) is 49.8. The maximum atomic E-state index is 12.5. The average molecular weight is 1490 g/mol. The summed E-state index contributed by atoms with van der Waals surface area (Å²) < 4.78 is 92.9. The fourth-order valence-corrected chi connectivity index (χ4v) is 7.46. The number of aliphatic hydroxyl groups is 3. The van der Waals surface area contributed by atoms with Gasteiger partial charge in [0.15, 0.2) is 0 Å². The van der Waals surface area contributed by atoms with Crippen molar-refractivity contribution in [2.45, 2.75) is 95.2 Å². The standard InChI is InChI=1S/C24H32O12.C24H32O11.2C8H12O5.C7H8O/c1-4-30-20(27)24(3,15-35-21(28)33-10-17-8-6-5-7-9-17)16-36-22(29)34-14-23(2,13-25)19(26)32-12-18-11-31-18;1-5-12-31-19(26)23(3,14-25)15-33-22(29)35-17-24(4,20(27)30-6-2)16-34-21(28)32-13-18-10-8-7-9-11-18;2*1-3-11-6(9)8(2)4-12-7(10)13-5-8;8-6-7-4-2-1-3-5-7/h5-9,18,25H,4,10-16H2,1-3H3;5,7-11,25H,1,6,12-17H2,2-4H3;2*3-5H2,1-2H3;1-5,8H,6H2. The number of epoxide rings is 1. The number of benzene rings is 3. The largest absolute Gasteiger partial charge is 0.508 e. The highest BCUT2D eigenvalue weighted by atomic mass is 16.8. The van der Waals surface area contributed by atoms with Crippen LogP contribution in [-0.4, -0.2) is 220 Å². The van der Waals surface area contributed by atoms with Gasteiger partial charge in [-0.05, 0) is 85.9 Å². The lowest BCUT2D eigenvalue weighted by Gasteiger charge is -2.29. The van der Waals surface area contributed by atoms with Gasteiger partial charge in [-0.2, -0.15) is 0 Å². The molecule has 0 aromatic heterocycles. The van der Waals surface area contributed by atoms with Gasteiger partial charge in [0.1, 0.15) is 131 Å². The van der Waals surface area contributed by atoms with E-state index in [1.165, 1.54) is 33.8 Å². The van der Waals surface area contributed by atoms with E-state index in [9.17, 15) is 67.7 Å². The van der Waals surface area contributed by atoms with Crippen LogP contribution in [0.25, 0.3) is 0 Å². The number of esters is 6. The molecular weight excluding hydrogens is 1400 g/mol. The molecule has 3 heterocycles. The van der Waals surface area contributed by atoms with Crippen molar-refractivity contribution in [2.75, 3.05) is 126 Å². The number of aliphatic hydroxyl groups excluding tert-OH is 3. The summed E-state index contributed by atoms with van der Waals surface area (Å²) in [7, 11) is 0. The molecule has 6 rings (SSSR count). The zero-order chi connectivity index (χ0) is 78.5. The van der Waals surface area contributed by atoms with Gasteiger partial charge in [-0.25, -0.2) is 28.8 Å². The lowest BCUT2D eigenvalue weighted by atomic mass is 9.93. The van der Waals surface area contributed by atoms with E-state index < -0.39 is 158 Å². The van der Waals surface area contributed by atoms with E-state index in [4.69, 9.17) is 76.2 Å². The van der Waals surface area contributed by atoms with E-state index in [0.717, 1.165) is 16.7 Å². The van der Waals surface area contributed by atoms with E-state index in [0.29, 0.717) is 19.8 Å². The highest BCUT2D eigenvalue weighted by Gasteiger charge is 2.45. The van der Waals surface area contributed by atoms with Crippen LogP contribution in [0.4, 0.5) is 28.8 Å². The SMILES string of the molecule is C=CCOC(=O)C(C)(CO)COC(=O)OCC(C)(COC(=O)OCc1ccccc1)C(=O)OCC.CCOC(=O)C(C)(COC(=O)OCc1ccccc1)COC(=O)OCC(C)(CO)C(=O)OCC1CO1.CCOC(=O)C1(C)COC(=O)OC1.CCOC(=O)C1(C)COC(=O)OC1.OCc1ccccc1. The monoisotopic (exact) mass is 1490 g/mol. The summed E-state index contributed by atoms with van der Waals surface area (Å²) in [6, 6.07) is 27.3. The second-order valence-electron chi connectivity index (χ2n) is 24.6. The van der Waals surface area contributed by atoms with Gasteiger partial charge in [-0.3, -0.25) is 28.8 Å². The number of ether oxygens (including phenoxy) is 19. The molecule has 0 radical (unpaired) electrons. The minimum Gasteiger partial charge on any atom is -0.465 e. The first-order valence-corrected chi connectivity index (χ1v) is 32.8. The molecule has 0 aliphatic carbocycles. The normalized spacial score (nSPS) is 16.3. The zero-order valence-corrected chi connectivity index (χ0v) is 60.6. The van der Waals surface area contributed by atoms with Gasteiger partial charge in [0, 0.05) is 0 Å². The maximum Gasteiger partial charge on any atom is 0.508 e. The van der Waals surface area contributed by atoms with Gasteiger partial charge in [-0.1, -0.05) is 104 Å². The summed E-state index contributed by atoms with van der Waals surface area (Å²) in [5, 5.41) is 27.6. The molecule has 0 amide bonds. The molecule has 3 aliphatic rings. The minimum atomic E-state index is -1.57.